The first-order valence-electron chi connectivity index (χ1n) is 10.8. The Hall–Kier alpha value is -2.18. The molecule has 204 valence electrons. The van der Waals surface area contributed by atoms with Gasteiger partial charge in [-0.05, 0) is 54.1 Å². The van der Waals surface area contributed by atoms with Crippen molar-refractivity contribution in [2.24, 2.45) is 0 Å². The fraction of sp³-hybridized carbons (Fsp3) is 0.250. The van der Waals surface area contributed by atoms with Crippen molar-refractivity contribution in [1.29, 1.82) is 0 Å². The molecule has 38 heavy (non-hydrogen) atoms. The predicted octanol–water partition coefficient (Wildman–Crippen LogP) is 7.94. The van der Waals surface area contributed by atoms with Crippen LogP contribution in [-0.2, 0) is 22.4 Å². The minimum atomic E-state index is -5.19. The molecule has 14 heteroatoms. The highest BCUT2D eigenvalue weighted by Crippen LogP contribution is 2.40. The van der Waals surface area contributed by atoms with Gasteiger partial charge in [0, 0.05) is 29.7 Å². The monoisotopic (exact) mass is 616 g/mol. The van der Waals surface area contributed by atoms with Crippen LogP contribution < -0.4 is 4.90 Å². The Labute approximate surface area is 229 Å². The largest absolute Gasteiger partial charge is 0.416 e. The van der Waals surface area contributed by atoms with Crippen molar-refractivity contribution in [2.45, 2.75) is 23.3 Å². The zero-order valence-corrected chi connectivity index (χ0v) is 22.1. The number of benzene rings is 3. The number of anilines is 1. The van der Waals surface area contributed by atoms with Crippen molar-refractivity contribution < 1.29 is 34.8 Å². The first-order valence-corrected chi connectivity index (χ1v) is 13.4. The third-order valence-corrected chi connectivity index (χ3v) is 8.65. The molecular formula is C24H17Cl3F6N2O2S. The second-order valence-corrected chi connectivity index (χ2v) is 11.7. The number of hydrogen-bond donors (Lipinski definition) is 0. The first-order chi connectivity index (χ1) is 17.6. The van der Waals surface area contributed by atoms with E-state index in [2.05, 4.69) is 0 Å². The SMILES string of the molecule is O=S(=O)(c1cc(C(F)(F)F)cc(C(F)(F)F)c1)N1CCN(c2ccc(Cl)cc2Cl)C(c2ccc(Cl)cc2)C1. The summed E-state index contributed by atoms with van der Waals surface area (Å²) >= 11 is 18.4. The van der Waals surface area contributed by atoms with Crippen LogP contribution in [0.1, 0.15) is 22.7 Å². The van der Waals surface area contributed by atoms with E-state index in [1.165, 1.54) is 6.07 Å². The molecule has 1 atom stereocenters. The Morgan fingerprint density at radius 2 is 1.29 bits per heavy atom. The third kappa shape index (κ3) is 6.02. The van der Waals surface area contributed by atoms with Crippen LogP contribution in [0.5, 0.6) is 0 Å². The van der Waals surface area contributed by atoms with Gasteiger partial charge in [-0.1, -0.05) is 46.9 Å². The Morgan fingerprint density at radius 1 is 0.737 bits per heavy atom. The molecule has 0 saturated carbocycles. The summed E-state index contributed by atoms with van der Waals surface area (Å²) < 4.78 is 108. The molecule has 1 saturated heterocycles. The van der Waals surface area contributed by atoms with Gasteiger partial charge < -0.3 is 4.90 Å². The van der Waals surface area contributed by atoms with Crippen LogP contribution in [-0.4, -0.2) is 32.4 Å². The van der Waals surface area contributed by atoms with Crippen LogP contribution >= 0.6 is 34.8 Å². The van der Waals surface area contributed by atoms with Crippen LogP contribution in [0.2, 0.25) is 15.1 Å². The molecule has 1 unspecified atom stereocenters. The lowest BCUT2D eigenvalue weighted by Crippen LogP contribution is -2.50. The average molecular weight is 618 g/mol. The van der Waals surface area contributed by atoms with E-state index in [9.17, 15) is 34.8 Å². The molecule has 1 heterocycles. The van der Waals surface area contributed by atoms with Gasteiger partial charge in [-0.3, -0.25) is 0 Å². The van der Waals surface area contributed by atoms with E-state index in [1.807, 2.05) is 0 Å². The molecule has 1 aliphatic rings. The van der Waals surface area contributed by atoms with Gasteiger partial charge in [0.25, 0.3) is 0 Å². The second-order valence-electron chi connectivity index (χ2n) is 8.46. The van der Waals surface area contributed by atoms with Crippen LogP contribution in [0, 0.1) is 0 Å². The van der Waals surface area contributed by atoms with E-state index in [-0.39, 0.29) is 42.9 Å². The minimum Gasteiger partial charge on any atom is -0.361 e. The Morgan fingerprint density at radius 3 is 1.82 bits per heavy atom. The van der Waals surface area contributed by atoms with Crippen LogP contribution in [0.3, 0.4) is 0 Å². The summed E-state index contributed by atoms with van der Waals surface area (Å²) in [5, 5.41) is 1.06. The summed E-state index contributed by atoms with van der Waals surface area (Å²) in [6, 6.07) is 10.8. The maximum Gasteiger partial charge on any atom is 0.416 e. The molecule has 0 N–H and O–H groups in total. The van der Waals surface area contributed by atoms with Gasteiger partial charge in [0.2, 0.25) is 10.0 Å². The van der Waals surface area contributed by atoms with Crippen molar-refractivity contribution in [3.05, 3.63) is 92.4 Å². The number of sulfonamides is 1. The first kappa shape index (κ1) is 28.8. The fourth-order valence-electron chi connectivity index (χ4n) is 4.17. The molecule has 0 bridgehead atoms. The van der Waals surface area contributed by atoms with E-state index in [1.54, 1.807) is 41.3 Å². The lowest BCUT2D eigenvalue weighted by Gasteiger charge is -2.42. The van der Waals surface area contributed by atoms with Gasteiger partial charge in [0.15, 0.2) is 0 Å². The molecule has 0 aromatic heterocycles. The minimum absolute atomic E-state index is 0.0268. The topological polar surface area (TPSA) is 40.6 Å². The van der Waals surface area contributed by atoms with Crippen molar-refractivity contribution in [3.63, 3.8) is 0 Å². The molecule has 0 radical (unpaired) electrons. The van der Waals surface area contributed by atoms with Crippen molar-refractivity contribution >= 4 is 50.5 Å². The zero-order chi connectivity index (χ0) is 28.0. The van der Waals surface area contributed by atoms with Crippen molar-refractivity contribution in [3.8, 4) is 0 Å². The molecule has 0 amide bonds. The number of halogens is 9. The van der Waals surface area contributed by atoms with Gasteiger partial charge in [0.05, 0.1) is 32.8 Å². The van der Waals surface area contributed by atoms with E-state index >= 15 is 0 Å². The van der Waals surface area contributed by atoms with E-state index in [4.69, 9.17) is 34.8 Å². The third-order valence-electron chi connectivity index (χ3n) is 6.02. The highest BCUT2D eigenvalue weighted by Gasteiger charge is 2.41. The summed E-state index contributed by atoms with van der Waals surface area (Å²) in [5.74, 6) is 0. The summed E-state index contributed by atoms with van der Waals surface area (Å²) in [6.45, 7) is -0.498. The van der Waals surface area contributed by atoms with Gasteiger partial charge >= 0.3 is 12.4 Å². The molecule has 3 aromatic rings. The molecular weight excluding hydrogens is 601 g/mol. The molecule has 1 aliphatic heterocycles. The standard InChI is InChI=1S/C24H17Cl3F6N2O2S/c25-17-3-1-14(2-4-17)22-13-34(7-8-35(22)21-6-5-18(26)12-20(21)27)38(36,37)19-10-15(23(28,29)30)9-16(11-19)24(31,32)33/h1-6,9-12,22H,7-8,13H2. The normalized spacial score (nSPS) is 17.6. The Balaban J connectivity index is 1.78. The molecule has 0 spiro atoms. The van der Waals surface area contributed by atoms with Crippen LogP contribution in [0.15, 0.2) is 65.6 Å². The summed E-state index contributed by atoms with van der Waals surface area (Å²) in [7, 11) is -4.77. The smallest absolute Gasteiger partial charge is 0.361 e. The number of rotatable bonds is 4. The van der Waals surface area contributed by atoms with Gasteiger partial charge in [0.1, 0.15) is 0 Å². The average Bonchev–Trinajstić information content (AvgIpc) is 2.83. The lowest BCUT2D eigenvalue weighted by molar-refractivity contribution is -0.143. The highest BCUT2D eigenvalue weighted by atomic mass is 35.5. The molecule has 0 aliphatic carbocycles. The molecule has 1 fully saturated rings. The lowest BCUT2D eigenvalue weighted by atomic mass is 10.0. The van der Waals surface area contributed by atoms with Gasteiger partial charge in [-0.2, -0.15) is 30.6 Å². The highest BCUT2D eigenvalue weighted by molar-refractivity contribution is 7.89. The van der Waals surface area contributed by atoms with Crippen molar-refractivity contribution in [1.82, 2.24) is 4.31 Å². The van der Waals surface area contributed by atoms with E-state index < -0.39 is 44.4 Å². The van der Waals surface area contributed by atoms with Gasteiger partial charge in [-0.15, -0.1) is 0 Å². The van der Waals surface area contributed by atoms with Crippen LogP contribution in [0.4, 0.5) is 32.0 Å². The quantitative estimate of drug-likeness (QED) is 0.279. The summed E-state index contributed by atoms with van der Waals surface area (Å²) in [6.07, 6.45) is -10.4. The van der Waals surface area contributed by atoms with Gasteiger partial charge in [-0.25, -0.2) is 8.42 Å². The second kappa shape index (κ2) is 10.4. The summed E-state index contributed by atoms with van der Waals surface area (Å²) in [4.78, 5) is 0.689. The Bertz CT molecular complexity index is 1410. The summed E-state index contributed by atoms with van der Waals surface area (Å²) in [5.41, 5.74) is -2.31. The maximum atomic E-state index is 13.4. The zero-order valence-electron chi connectivity index (χ0n) is 19.0. The number of hydrogen-bond acceptors (Lipinski definition) is 3. The number of alkyl halides is 6. The van der Waals surface area contributed by atoms with E-state index in [0.717, 1.165) is 4.31 Å². The van der Waals surface area contributed by atoms with Crippen molar-refractivity contribution in [2.75, 3.05) is 24.5 Å². The maximum absolute atomic E-state index is 13.4. The van der Waals surface area contributed by atoms with Crippen LogP contribution in [0.25, 0.3) is 0 Å². The fourth-order valence-corrected chi connectivity index (χ4v) is 6.33. The predicted molar refractivity (Wildman–Crippen MR) is 133 cm³/mol. The molecule has 3 aromatic carbocycles. The number of nitrogens with zero attached hydrogens (tertiary/aromatic N) is 2. The molecule has 4 rings (SSSR count). The Kier molecular flexibility index (Phi) is 7.90. The van der Waals surface area contributed by atoms with E-state index in [0.29, 0.717) is 21.3 Å². The molecule has 4 nitrogen and oxygen atoms in total. The number of piperazine rings is 1.